The van der Waals surface area contributed by atoms with Crippen LogP contribution in [0.1, 0.15) is 29.8 Å². The van der Waals surface area contributed by atoms with Crippen LogP contribution >= 0.6 is 27.5 Å². The van der Waals surface area contributed by atoms with E-state index in [0.29, 0.717) is 5.02 Å². The summed E-state index contributed by atoms with van der Waals surface area (Å²) in [6.45, 7) is 4.94. The highest BCUT2D eigenvalue weighted by Crippen LogP contribution is 2.32. The van der Waals surface area contributed by atoms with E-state index in [9.17, 15) is 0 Å². The summed E-state index contributed by atoms with van der Waals surface area (Å²) in [5.41, 5.74) is 3.38. The Bertz CT molecular complexity index is 580. The highest BCUT2D eigenvalue weighted by molar-refractivity contribution is 9.10. The normalized spacial score (nSPS) is 12.7. The topological polar surface area (TPSA) is 29.9 Å². The number of benzene rings is 1. The third-order valence-electron chi connectivity index (χ3n) is 3.16. The summed E-state index contributed by atoms with van der Waals surface area (Å²) in [5, 5.41) is 8.33. The summed E-state index contributed by atoms with van der Waals surface area (Å²) in [6, 6.07) is 6.33. The highest BCUT2D eigenvalue weighted by Gasteiger charge is 2.22. The van der Waals surface area contributed by atoms with Crippen LogP contribution in [-0.2, 0) is 6.54 Å². The molecule has 0 bridgehead atoms. The van der Waals surface area contributed by atoms with Crippen molar-refractivity contribution >= 4 is 27.5 Å². The number of aryl methyl sites for hydroxylation is 2. The molecular weight excluding hydrogens is 326 g/mol. The molecule has 19 heavy (non-hydrogen) atoms. The minimum absolute atomic E-state index is 0.0178. The number of rotatable bonds is 4. The summed E-state index contributed by atoms with van der Waals surface area (Å²) in [7, 11) is 1.93. The molecule has 5 heteroatoms. The molecule has 0 aliphatic heterocycles. The first-order valence-electron chi connectivity index (χ1n) is 6.23. The molecule has 0 aliphatic carbocycles. The van der Waals surface area contributed by atoms with Gasteiger partial charge in [0.25, 0.3) is 0 Å². The second-order valence-electron chi connectivity index (χ2n) is 4.44. The largest absolute Gasteiger partial charge is 0.308 e. The van der Waals surface area contributed by atoms with Crippen molar-refractivity contribution in [1.29, 1.82) is 0 Å². The number of halogens is 2. The number of nitrogens with one attached hydrogen (secondary N) is 1. The van der Waals surface area contributed by atoms with Gasteiger partial charge in [-0.2, -0.15) is 5.10 Å². The maximum Gasteiger partial charge on any atom is 0.0837 e. The molecule has 1 unspecified atom stereocenters. The summed E-state index contributed by atoms with van der Waals surface area (Å²) in [4.78, 5) is 0. The van der Waals surface area contributed by atoms with E-state index in [1.807, 2.05) is 11.7 Å². The summed E-state index contributed by atoms with van der Waals surface area (Å²) < 4.78 is 3.00. The molecule has 0 saturated heterocycles. The van der Waals surface area contributed by atoms with Crippen LogP contribution < -0.4 is 5.32 Å². The van der Waals surface area contributed by atoms with Crippen LogP contribution in [0.5, 0.6) is 0 Å². The van der Waals surface area contributed by atoms with Crippen molar-refractivity contribution in [2.75, 3.05) is 7.05 Å². The van der Waals surface area contributed by atoms with E-state index >= 15 is 0 Å². The molecule has 1 aromatic carbocycles. The quantitative estimate of drug-likeness (QED) is 0.912. The molecule has 1 N–H and O–H groups in total. The van der Waals surface area contributed by atoms with Crippen molar-refractivity contribution < 1.29 is 0 Å². The first kappa shape index (κ1) is 14.6. The Morgan fingerprint density at radius 3 is 2.84 bits per heavy atom. The third-order valence-corrected chi connectivity index (χ3v) is 4.17. The van der Waals surface area contributed by atoms with Gasteiger partial charge in [-0.15, -0.1) is 0 Å². The summed E-state index contributed by atoms with van der Waals surface area (Å²) in [5.74, 6) is 0. The summed E-state index contributed by atoms with van der Waals surface area (Å²) in [6.07, 6.45) is 1.70. The standard InChI is InChI=1S/C14H17BrClN3/c1-4-19-14(12(16)8-18-19)13(17-3)10-7-9(2)5-6-11(10)15/h5-8,13,17H,4H2,1-3H3. The molecule has 102 valence electrons. The van der Waals surface area contributed by atoms with E-state index < -0.39 is 0 Å². The lowest BCUT2D eigenvalue weighted by molar-refractivity contribution is 0.562. The van der Waals surface area contributed by atoms with Crippen LogP contribution in [0.4, 0.5) is 0 Å². The van der Waals surface area contributed by atoms with Crippen LogP contribution in [0.2, 0.25) is 5.02 Å². The van der Waals surface area contributed by atoms with E-state index in [1.165, 1.54) is 11.1 Å². The van der Waals surface area contributed by atoms with Crippen molar-refractivity contribution in [3.63, 3.8) is 0 Å². The van der Waals surface area contributed by atoms with E-state index in [0.717, 1.165) is 16.7 Å². The molecule has 1 atom stereocenters. The Kier molecular flexibility index (Phi) is 4.66. The molecule has 3 nitrogen and oxygen atoms in total. The fraction of sp³-hybridized carbons (Fsp3) is 0.357. The zero-order valence-electron chi connectivity index (χ0n) is 11.2. The van der Waals surface area contributed by atoms with Crippen LogP contribution in [0.15, 0.2) is 28.9 Å². The van der Waals surface area contributed by atoms with Gasteiger partial charge < -0.3 is 5.32 Å². The number of aromatic nitrogens is 2. The van der Waals surface area contributed by atoms with E-state index in [1.54, 1.807) is 6.20 Å². The van der Waals surface area contributed by atoms with E-state index in [4.69, 9.17) is 11.6 Å². The highest BCUT2D eigenvalue weighted by atomic mass is 79.9. The van der Waals surface area contributed by atoms with Gasteiger partial charge in [0.15, 0.2) is 0 Å². The van der Waals surface area contributed by atoms with Gasteiger partial charge >= 0.3 is 0 Å². The van der Waals surface area contributed by atoms with Gasteiger partial charge in [0.2, 0.25) is 0 Å². The first-order valence-corrected chi connectivity index (χ1v) is 7.40. The SMILES string of the molecule is CCn1ncc(Cl)c1C(NC)c1cc(C)ccc1Br. The monoisotopic (exact) mass is 341 g/mol. The second kappa shape index (κ2) is 6.07. The Hall–Kier alpha value is -0.840. The molecule has 2 aromatic rings. The Morgan fingerprint density at radius 2 is 2.21 bits per heavy atom. The van der Waals surface area contributed by atoms with Crippen LogP contribution in [0.3, 0.4) is 0 Å². The Balaban J connectivity index is 2.56. The zero-order valence-corrected chi connectivity index (χ0v) is 13.6. The minimum atomic E-state index is 0.0178. The molecule has 0 saturated carbocycles. The lowest BCUT2D eigenvalue weighted by Crippen LogP contribution is -2.22. The van der Waals surface area contributed by atoms with Crippen molar-refractivity contribution in [3.8, 4) is 0 Å². The van der Waals surface area contributed by atoms with Gasteiger partial charge in [-0.05, 0) is 32.5 Å². The van der Waals surface area contributed by atoms with Crippen LogP contribution in [0, 0.1) is 6.92 Å². The molecular formula is C14H17BrClN3. The van der Waals surface area contributed by atoms with Gasteiger partial charge in [0, 0.05) is 11.0 Å². The van der Waals surface area contributed by atoms with Gasteiger partial charge in [-0.1, -0.05) is 45.2 Å². The number of nitrogens with zero attached hydrogens (tertiary/aromatic N) is 2. The lowest BCUT2D eigenvalue weighted by Gasteiger charge is -2.20. The Morgan fingerprint density at radius 1 is 1.47 bits per heavy atom. The van der Waals surface area contributed by atoms with Crippen molar-refractivity contribution in [2.24, 2.45) is 0 Å². The molecule has 0 amide bonds. The van der Waals surface area contributed by atoms with E-state index in [-0.39, 0.29) is 6.04 Å². The van der Waals surface area contributed by atoms with Gasteiger partial charge in [-0.3, -0.25) is 4.68 Å². The van der Waals surface area contributed by atoms with Gasteiger partial charge in [0.05, 0.1) is 23.0 Å². The van der Waals surface area contributed by atoms with Crippen LogP contribution in [-0.4, -0.2) is 16.8 Å². The lowest BCUT2D eigenvalue weighted by atomic mass is 10.0. The average molecular weight is 343 g/mol. The maximum absolute atomic E-state index is 6.30. The second-order valence-corrected chi connectivity index (χ2v) is 5.70. The first-order chi connectivity index (χ1) is 9.08. The molecule has 0 radical (unpaired) electrons. The fourth-order valence-electron chi connectivity index (χ4n) is 2.23. The van der Waals surface area contributed by atoms with Gasteiger partial charge in [0.1, 0.15) is 0 Å². The number of hydrogen-bond acceptors (Lipinski definition) is 2. The van der Waals surface area contributed by atoms with Crippen molar-refractivity contribution in [1.82, 2.24) is 15.1 Å². The Labute approximate surface area is 127 Å². The molecule has 0 fully saturated rings. The van der Waals surface area contributed by atoms with Crippen LogP contribution in [0.25, 0.3) is 0 Å². The third kappa shape index (κ3) is 2.86. The fourth-order valence-corrected chi connectivity index (χ4v) is 2.96. The predicted molar refractivity (Wildman–Crippen MR) is 82.7 cm³/mol. The molecule has 2 rings (SSSR count). The van der Waals surface area contributed by atoms with Crippen molar-refractivity contribution in [3.05, 3.63) is 50.7 Å². The smallest absolute Gasteiger partial charge is 0.0837 e. The summed E-state index contributed by atoms with van der Waals surface area (Å²) >= 11 is 9.92. The maximum atomic E-state index is 6.30. The molecule has 1 heterocycles. The molecule has 0 aliphatic rings. The minimum Gasteiger partial charge on any atom is -0.308 e. The van der Waals surface area contributed by atoms with Crippen molar-refractivity contribution in [2.45, 2.75) is 26.4 Å². The average Bonchev–Trinajstić information content (AvgIpc) is 2.76. The van der Waals surface area contributed by atoms with E-state index in [2.05, 4.69) is 58.4 Å². The molecule has 1 aromatic heterocycles. The number of hydrogen-bond donors (Lipinski definition) is 1. The zero-order chi connectivity index (χ0) is 14.0. The predicted octanol–water partition coefficient (Wildman–Crippen LogP) is 3.94. The molecule has 0 spiro atoms. The van der Waals surface area contributed by atoms with Gasteiger partial charge in [-0.25, -0.2) is 0 Å².